The standard InChI is InChI=1S/C19H21ClN8O/c1-12-10-15(27-26-12)24-16-11-22-17(19(29)28-8-6-21-7-9-28)18(25-16)23-14-4-2-13(20)3-5-14/h2-5,10-11,21H,6-9H2,1H3,(H3,23,24,25,26,27). The van der Waals surface area contributed by atoms with Crippen molar-refractivity contribution >= 4 is 40.6 Å². The summed E-state index contributed by atoms with van der Waals surface area (Å²) in [4.78, 5) is 23.8. The molecule has 1 aliphatic heterocycles. The van der Waals surface area contributed by atoms with E-state index in [4.69, 9.17) is 11.6 Å². The van der Waals surface area contributed by atoms with Gasteiger partial charge in [0.05, 0.1) is 6.20 Å². The fourth-order valence-electron chi connectivity index (χ4n) is 2.99. The van der Waals surface area contributed by atoms with Crippen molar-refractivity contribution in [3.63, 3.8) is 0 Å². The summed E-state index contributed by atoms with van der Waals surface area (Å²) in [7, 11) is 0. The van der Waals surface area contributed by atoms with Crippen molar-refractivity contribution in [1.29, 1.82) is 0 Å². The lowest BCUT2D eigenvalue weighted by Gasteiger charge is -2.27. The van der Waals surface area contributed by atoms with Crippen molar-refractivity contribution in [1.82, 2.24) is 30.4 Å². The molecular formula is C19H21ClN8O. The van der Waals surface area contributed by atoms with Crippen molar-refractivity contribution in [3.8, 4) is 0 Å². The first-order valence-electron chi connectivity index (χ1n) is 9.27. The molecule has 10 heteroatoms. The number of amides is 1. The fourth-order valence-corrected chi connectivity index (χ4v) is 3.12. The van der Waals surface area contributed by atoms with Crippen molar-refractivity contribution in [3.05, 3.63) is 52.9 Å². The Bertz CT molecular complexity index is 998. The van der Waals surface area contributed by atoms with Crippen LogP contribution in [0, 0.1) is 6.92 Å². The minimum Gasteiger partial charge on any atom is -0.338 e. The minimum atomic E-state index is -0.155. The predicted molar refractivity (Wildman–Crippen MR) is 112 cm³/mol. The number of rotatable bonds is 5. The molecule has 1 saturated heterocycles. The molecule has 29 heavy (non-hydrogen) atoms. The molecule has 4 rings (SSSR count). The Hall–Kier alpha value is -3.17. The minimum absolute atomic E-state index is 0.155. The van der Waals surface area contributed by atoms with E-state index in [-0.39, 0.29) is 11.6 Å². The number of nitrogens with one attached hydrogen (secondary N) is 4. The lowest BCUT2D eigenvalue weighted by Crippen LogP contribution is -2.46. The molecule has 3 heterocycles. The lowest BCUT2D eigenvalue weighted by atomic mass is 10.2. The second-order valence-electron chi connectivity index (χ2n) is 6.69. The average Bonchev–Trinajstić information content (AvgIpc) is 3.15. The molecule has 1 aromatic carbocycles. The topological polar surface area (TPSA) is 111 Å². The molecule has 1 aliphatic rings. The van der Waals surface area contributed by atoms with E-state index in [2.05, 4.69) is 36.1 Å². The molecule has 2 aromatic heterocycles. The summed E-state index contributed by atoms with van der Waals surface area (Å²) in [6.45, 7) is 4.70. The van der Waals surface area contributed by atoms with Gasteiger partial charge in [-0.1, -0.05) is 11.6 Å². The van der Waals surface area contributed by atoms with Crippen LogP contribution in [0.3, 0.4) is 0 Å². The smallest absolute Gasteiger partial charge is 0.276 e. The largest absolute Gasteiger partial charge is 0.338 e. The Labute approximate surface area is 172 Å². The number of hydrogen-bond donors (Lipinski definition) is 4. The maximum absolute atomic E-state index is 13.0. The highest BCUT2D eigenvalue weighted by Crippen LogP contribution is 2.23. The van der Waals surface area contributed by atoms with Gasteiger partial charge in [-0.05, 0) is 31.2 Å². The molecule has 0 spiro atoms. The Balaban J connectivity index is 1.64. The molecule has 9 nitrogen and oxygen atoms in total. The zero-order valence-electron chi connectivity index (χ0n) is 15.9. The zero-order chi connectivity index (χ0) is 20.2. The third-order valence-corrected chi connectivity index (χ3v) is 4.70. The van der Waals surface area contributed by atoms with Crippen LogP contribution in [0.25, 0.3) is 0 Å². The summed E-state index contributed by atoms with van der Waals surface area (Å²) in [5, 5.41) is 17.2. The molecule has 0 bridgehead atoms. The summed E-state index contributed by atoms with van der Waals surface area (Å²) >= 11 is 5.97. The molecular weight excluding hydrogens is 392 g/mol. The number of nitrogens with zero attached hydrogens (tertiary/aromatic N) is 4. The number of H-pyrrole nitrogens is 1. The number of carbonyl (C=O) groups excluding carboxylic acids is 1. The first-order chi connectivity index (χ1) is 14.1. The maximum atomic E-state index is 13.0. The fraction of sp³-hybridized carbons (Fsp3) is 0.263. The number of halogens is 1. The second-order valence-corrected chi connectivity index (χ2v) is 7.12. The van der Waals surface area contributed by atoms with Crippen molar-refractivity contribution < 1.29 is 4.79 Å². The lowest BCUT2D eigenvalue weighted by molar-refractivity contribution is 0.0730. The molecule has 0 unspecified atom stereocenters. The van der Waals surface area contributed by atoms with Gasteiger partial charge in [-0.3, -0.25) is 9.89 Å². The summed E-state index contributed by atoms with van der Waals surface area (Å²) in [6.07, 6.45) is 1.53. The van der Waals surface area contributed by atoms with Gasteiger partial charge >= 0.3 is 0 Å². The van der Waals surface area contributed by atoms with Gasteiger partial charge in [0, 0.05) is 48.6 Å². The van der Waals surface area contributed by atoms with E-state index in [1.165, 1.54) is 6.20 Å². The first-order valence-corrected chi connectivity index (χ1v) is 9.65. The van der Waals surface area contributed by atoms with Crippen LogP contribution in [-0.4, -0.2) is 57.2 Å². The second kappa shape index (κ2) is 8.46. The molecule has 150 valence electrons. The Morgan fingerprint density at radius 3 is 2.59 bits per heavy atom. The summed E-state index contributed by atoms with van der Waals surface area (Å²) < 4.78 is 0. The van der Waals surface area contributed by atoms with Crippen molar-refractivity contribution in [2.75, 3.05) is 36.8 Å². The molecule has 3 aromatic rings. The molecule has 1 fully saturated rings. The summed E-state index contributed by atoms with van der Waals surface area (Å²) in [5.74, 6) is 1.31. The zero-order valence-corrected chi connectivity index (χ0v) is 16.6. The highest BCUT2D eigenvalue weighted by molar-refractivity contribution is 6.30. The Morgan fingerprint density at radius 1 is 1.14 bits per heavy atom. The van der Waals surface area contributed by atoms with E-state index in [0.29, 0.717) is 35.6 Å². The SMILES string of the molecule is Cc1cc(Nc2cnc(C(=O)N3CCNCC3)c(Nc3ccc(Cl)cc3)n2)n[nH]1. The van der Waals surface area contributed by atoms with Crippen LogP contribution in [-0.2, 0) is 0 Å². The van der Waals surface area contributed by atoms with Crippen LogP contribution in [0.1, 0.15) is 16.2 Å². The van der Waals surface area contributed by atoms with E-state index < -0.39 is 0 Å². The van der Waals surface area contributed by atoms with Gasteiger partial charge in [-0.25, -0.2) is 9.97 Å². The van der Waals surface area contributed by atoms with Gasteiger partial charge in [-0.2, -0.15) is 5.10 Å². The number of hydrogen-bond acceptors (Lipinski definition) is 7. The van der Waals surface area contributed by atoms with Crippen molar-refractivity contribution in [2.24, 2.45) is 0 Å². The maximum Gasteiger partial charge on any atom is 0.276 e. The van der Waals surface area contributed by atoms with Gasteiger partial charge in [0.15, 0.2) is 23.1 Å². The quantitative estimate of drug-likeness (QED) is 0.509. The van der Waals surface area contributed by atoms with Gasteiger partial charge in [0.1, 0.15) is 0 Å². The van der Waals surface area contributed by atoms with Crippen LogP contribution < -0.4 is 16.0 Å². The van der Waals surface area contributed by atoms with E-state index in [0.717, 1.165) is 24.5 Å². The summed E-state index contributed by atoms with van der Waals surface area (Å²) in [5.41, 5.74) is 1.95. The highest BCUT2D eigenvalue weighted by Gasteiger charge is 2.23. The van der Waals surface area contributed by atoms with E-state index in [1.54, 1.807) is 17.0 Å². The molecule has 1 amide bonds. The van der Waals surface area contributed by atoms with Gasteiger partial charge < -0.3 is 20.9 Å². The van der Waals surface area contributed by atoms with E-state index in [9.17, 15) is 4.79 Å². The van der Waals surface area contributed by atoms with Gasteiger partial charge in [-0.15, -0.1) is 0 Å². The van der Waals surface area contributed by atoms with Gasteiger partial charge in [0.2, 0.25) is 0 Å². The highest BCUT2D eigenvalue weighted by atomic mass is 35.5. The average molecular weight is 413 g/mol. The molecule has 0 radical (unpaired) electrons. The van der Waals surface area contributed by atoms with E-state index >= 15 is 0 Å². The number of aromatic amines is 1. The Kier molecular flexibility index (Phi) is 5.59. The van der Waals surface area contributed by atoms with Gasteiger partial charge in [0.25, 0.3) is 5.91 Å². The van der Waals surface area contributed by atoms with Crippen LogP contribution in [0.15, 0.2) is 36.5 Å². The Morgan fingerprint density at radius 2 is 1.90 bits per heavy atom. The molecule has 0 atom stereocenters. The van der Waals surface area contributed by atoms with Crippen LogP contribution in [0.4, 0.5) is 23.1 Å². The first kappa shape index (κ1) is 19.2. The number of carbonyl (C=O) groups is 1. The predicted octanol–water partition coefficient (Wildman–Crippen LogP) is 2.69. The molecule has 0 saturated carbocycles. The third kappa shape index (κ3) is 4.64. The third-order valence-electron chi connectivity index (χ3n) is 4.45. The monoisotopic (exact) mass is 412 g/mol. The van der Waals surface area contributed by atoms with E-state index in [1.807, 2.05) is 25.1 Å². The van der Waals surface area contributed by atoms with Crippen LogP contribution in [0.2, 0.25) is 5.02 Å². The number of aryl methyl sites for hydroxylation is 1. The normalized spacial score (nSPS) is 13.9. The number of benzene rings is 1. The van der Waals surface area contributed by atoms with Crippen LogP contribution in [0.5, 0.6) is 0 Å². The number of piperazine rings is 1. The number of aromatic nitrogens is 4. The van der Waals surface area contributed by atoms with Crippen LogP contribution >= 0.6 is 11.6 Å². The molecule has 0 aliphatic carbocycles. The molecule has 4 N–H and O–H groups in total. The van der Waals surface area contributed by atoms with Crippen molar-refractivity contribution in [2.45, 2.75) is 6.92 Å². The number of anilines is 4. The summed E-state index contributed by atoms with van der Waals surface area (Å²) in [6, 6.07) is 9.03.